The molecule has 4 aliphatic rings. The summed E-state index contributed by atoms with van der Waals surface area (Å²) < 4.78 is 43.9. The van der Waals surface area contributed by atoms with Gasteiger partial charge in [-0.25, -0.2) is 19.2 Å². The molecule has 134 heavy (non-hydrogen) atoms. The van der Waals surface area contributed by atoms with Gasteiger partial charge in [-0.1, -0.05) is 164 Å². The molecule has 4 saturated carbocycles. The predicted octanol–water partition coefficient (Wildman–Crippen LogP) is 24.5. The summed E-state index contributed by atoms with van der Waals surface area (Å²) in [4.78, 5) is 78.2. The largest absolute Gasteiger partial charge is 0.493 e. The van der Waals surface area contributed by atoms with Crippen molar-refractivity contribution in [3.8, 4) is 23.0 Å². The molecule has 13 aromatic rings. The molecule has 13 aromatic carbocycles. The lowest BCUT2D eigenvalue weighted by Crippen LogP contribution is -2.58. The van der Waals surface area contributed by atoms with E-state index in [1.807, 2.05) is 102 Å². The normalized spacial score (nSPS) is 15.5. The van der Waals surface area contributed by atoms with Gasteiger partial charge in [0.25, 0.3) is 0 Å². The molecule has 4 bridgehead atoms. The summed E-state index contributed by atoms with van der Waals surface area (Å²) in [6.07, 6.45) is 11.5. The molecule has 0 amide bonds. The summed E-state index contributed by atoms with van der Waals surface area (Å²) in [5.74, 6) is 2.88. The van der Waals surface area contributed by atoms with Gasteiger partial charge in [0, 0.05) is 72.9 Å². The maximum absolute atomic E-state index is 12.7. The molecule has 0 N–H and O–H groups in total. The van der Waals surface area contributed by atoms with Crippen LogP contribution in [0.25, 0.3) is 0 Å². The van der Waals surface area contributed by atoms with Gasteiger partial charge in [0.15, 0.2) is 90.1 Å². The minimum atomic E-state index is -0.593. The molecule has 0 atom stereocenters. The quantitative estimate of drug-likeness (QED) is 0.0137. The molecule has 694 valence electrons. The Kier molecular flexibility index (Phi) is 37.8. The van der Waals surface area contributed by atoms with Crippen LogP contribution in [0.5, 0.6) is 23.0 Å². The van der Waals surface area contributed by atoms with E-state index in [2.05, 4.69) is 318 Å². The highest BCUT2D eigenvalue weighted by atomic mass is 32.2. The standard InChI is InChI=1S/C35H39O5S.C25H30NOS.C24H23O4S.C23H23O3S.C8H11S/c1-23-14-31(41(29-10-6-4-7-11-29)30-12-8-5-9-13-30)15-24(2)34(23)39-21-32(36)38-22-33(37)40-35(3)27-17-25-16-26(19-27)20-28(35)18-25;1-20-18-24(19-21(2)25(20)27-17-11-16-26(3)4)28(22-12-7-5-8-13-22)23-14-9-6-10-15-23;1-17-14-22(15-18(2)24(17)28-23(26)16-27-19(3)25)29(20-10-6-4-7-11-20)21-12-8-5-9-13-21;1-17-14-21(15-18(2)23(17)26-16-22(24)25-3)27(19-10-6-4-7-11-19)20-12-8-5-9-13-20;1-9(2)8-6-4-3-5-7-8/h4-15,25-28H,16-22H2,1-3H3;5-10,12-15,18-19H,11,16-17H2,1-4H3;4-15H,16H2,1-3H3;4-15H,16H2,1-3H3;3-7H,1-2H3/q5*+1. The number of rotatable bonds is 30. The lowest BCUT2D eigenvalue weighted by atomic mass is 9.50. The van der Waals surface area contributed by atoms with Crippen LogP contribution in [-0.4, -0.2) is 114 Å². The van der Waals surface area contributed by atoms with Crippen molar-refractivity contribution in [1.82, 2.24) is 4.90 Å². The summed E-state index contributed by atoms with van der Waals surface area (Å²) in [6.45, 7) is 20.2. The SMILES string of the molecule is CC(=O)OCC(=O)Oc1c(C)cc([S+](c2ccccc2)c2ccccc2)cc1C.COC(=O)COc1c(C)cc([S+](c2ccccc2)c2ccccc2)cc1C.C[S+](C)c1ccccc1.Cc1cc([S+](c2ccccc2)c2ccccc2)cc(C)c1OCC(=O)OCC(=O)OC1(C)C2CC3CC(C2)CC1C3.Cc1cc([S+](c2ccccc2)c2ccccc2)cc(C)c1OCCCN(C)C. The molecule has 0 heterocycles. The summed E-state index contributed by atoms with van der Waals surface area (Å²) in [5, 5.41) is 0. The lowest BCUT2D eigenvalue weighted by Gasteiger charge is -2.59. The van der Waals surface area contributed by atoms with Crippen molar-refractivity contribution >= 4 is 84.3 Å². The van der Waals surface area contributed by atoms with Gasteiger partial charge in [-0.3, -0.25) is 4.79 Å². The molecule has 19 heteroatoms. The minimum Gasteiger partial charge on any atom is -0.493 e. The topological polar surface area (TPSA) is 162 Å². The van der Waals surface area contributed by atoms with Crippen molar-refractivity contribution in [2.45, 2.75) is 177 Å². The third-order valence-corrected chi connectivity index (χ3v) is 33.7. The third kappa shape index (κ3) is 28.2. The number of methoxy groups -OCH3 is 1. The molecule has 0 unspecified atom stereocenters. The van der Waals surface area contributed by atoms with Crippen LogP contribution in [-0.2, 0) is 97.4 Å². The van der Waals surface area contributed by atoms with Gasteiger partial charge in [-0.05, 0) is 292 Å². The highest BCUT2D eigenvalue weighted by molar-refractivity contribution is 7.98. The molecule has 0 aliphatic heterocycles. The predicted molar refractivity (Wildman–Crippen MR) is 544 cm³/mol. The Hall–Kier alpha value is -11.7. The van der Waals surface area contributed by atoms with E-state index in [1.165, 1.54) is 90.3 Å². The second-order valence-corrected chi connectivity index (χ2v) is 44.7. The highest BCUT2D eigenvalue weighted by Gasteiger charge is 2.57. The lowest BCUT2D eigenvalue weighted by molar-refractivity contribution is -0.207. The second-order valence-electron chi connectivity index (χ2n) is 34.4. The maximum atomic E-state index is 12.7. The number of carbonyl (C=O) groups excluding carboxylic acids is 5. The number of aryl methyl sites for hydroxylation is 8. The molecule has 14 nitrogen and oxygen atoms in total. The summed E-state index contributed by atoms with van der Waals surface area (Å²) in [7, 11) is 5.10. The molecule has 0 aromatic heterocycles. The monoisotopic (exact) mass is 1890 g/mol. The van der Waals surface area contributed by atoms with Crippen LogP contribution in [0.3, 0.4) is 0 Å². The van der Waals surface area contributed by atoms with Crippen LogP contribution < -0.4 is 18.9 Å². The Bertz CT molecular complexity index is 5690. The molecular formula is C115H126NO13S5+5. The van der Waals surface area contributed by atoms with Gasteiger partial charge >= 0.3 is 29.8 Å². The number of hydrogen-bond acceptors (Lipinski definition) is 14. The molecule has 0 spiro atoms. The first-order valence-electron chi connectivity index (χ1n) is 45.5. The first-order chi connectivity index (χ1) is 64.7. The van der Waals surface area contributed by atoms with E-state index in [4.69, 9.17) is 33.2 Å². The van der Waals surface area contributed by atoms with Gasteiger partial charge in [-0.2, -0.15) is 0 Å². The van der Waals surface area contributed by atoms with Gasteiger partial charge in [0.1, 0.15) is 41.1 Å². The van der Waals surface area contributed by atoms with E-state index in [0.717, 1.165) is 107 Å². The van der Waals surface area contributed by atoms with Crippen molar-refractivity contribution in [1.29, 1.82) is 0 Å². The van der Waals surface area contributed by atoms with Crippen LogP contribution in [0.15, 0.2) is 385 Å². The number of benzene rings is 13. The van der Waals surface area contributed by atoms with Crippen molar-refractivity contribution in [2.75, 3.05) is 73.3 Å². The molecule has 0 saturated heterocycles. The molecule has 0 radical (unpaired) electrons. The van der Waals surface area contributed by atoms with Crippen LogP contribution in [0.1, 0.15) is 96.9 Å². The fraction of sp³-hybridized carbons (Fsp3) is 0.278. The Morgan fingerprint density at radius 2 is 0.582 bits per heavy atom. The zero-order chi connectivity index (χ0) is 95.2. The van der Waals surface area contributed by atoms with Crippen LogP contribution in [0, 0.1) is 79.1 Å². The van der Waals surface area contributed by atoms with Gasteiger partial charge < -0.3 is 42.8 Å². The van der Waals surface area contributed by atoms with Crippen molar-refractivity contribution in [3.63, 3.8) is 0 Å². The fourth-order valence-corrected chi connectivity index (χ4v) is 27.4. The van der Waals surface area contributed by atoms with Gasteiger partial charge in [0.05, 0.1) is 57.3 Å². The van der Waals surface area contributed by atoms with E-state index in [0.29, 0.717) is 34.2 Å². The summed E-state index contributed by atoms with van der Waals surface area (Å²) >= 11 is 0. The van der Waals surface area contributed by atoms with Crippen molar-refractivity contribution in [2.24, 2.45) is 23.7 Å². The van der Waals surface area contributed by atoms with Gasteiger partial charge in [-0.15, -0.1) is 0 Å². The summed E-state index contributed by atoms with van der Waals surface area (Å²) in [5.41, 5.74) is 7.64. The number of nitrogens with zero attached hydrogens (tertiary/aromatic N) is 1. The Balaban J connectivity index is 0.000000158. The van der Waals surface area contributed by atoms with Crippen LogP contribution in [0.4, 0.5) is 0 Å². The van der Waals surface area contributed by atoms with Crippen LogP contribution in [0.2, 0.25) is 0 Å². The molecule has 4 fully saturated rings. The first kappa shape index (κ1) is 101. The Morgan fingerprint density at radius 3 is 0.843 bits per heavy atom. The van der Waals surface area contributed by atoms with E-state index in [-0.39, 0.29) is 69.4 Å². The van der Waals surface area contributed by atoms with E-state index >= 15 is 0 Å². The average Bonchev–Trinajstić information content (AvgIpc) is 0.731. The third-order valence-electron chi connectivity index (χ3n) is 23.7. The van der Waals surface area contributed by atoms with E-state index < -0.39 is 36.1 Å². The average molecular weight is 1890 g/mol. The van der Waals surface area contributed by atoms with E-state index in [9.17, 15) is 24.0 Å². The molecular weight excluding hydrogens is 1760 g/mol. The van der Waals surface area contributed by atoms with Gasteiger partial charge in [0.2, 0.25) is 0 Å². The summed E-state index contributed by atoms with van der Waals surface area (Å²) in [6, 6.07) is 112. The number of carbonyl (C=O) groups is 5. The minimum absolute atomic E-state index is 0.0827. The number of esters is 5. The van der Waals surface area contributed by atoms with Crippen LogP contribution >= 0.6 is 0 Å². The zero-order valence-corrected chi connectivity index (χ0v) is 83.8. The fourth-order valence-electron chi connectivity index (χ4n) is 17.7. The Morgan fingerprint density at radius 1 is 0.321 bits per heavy atom. The maximum Gasteiger partial charge on any atom is 0.349 e. The van der Waals surface area contributed by atoms with E-state index in [1.54, 1.807) is 0 Å². The highest BCUT2D eigenvalue weighted by Crippen LogP contribution is 2.59. The zero-order valence-electron chi connectivity index (χ0n) is 79.7. The smallest absolute Gasteiger partial charge is 0.349 e. The van der Waals surface area contributed by atoms with Crippen molar-refractivity contribution in [3.05, 3.63) is 366 Å². The van der Waals surface area contributed by atoms with Crippen molar-refractivity contribution < 1.29 is 61.9 Å². The number of ether oxygens (including phenoxy) is 8. The Labute approximate surface area is 808 Å². The molecule has 17 rings (SSSR count). The second kappa shape index (κ2) is 50.1. The number of hydrogen-bond donors (Lipinski definition) is 0. The molecule has 4 aliphatic carbocycles. The first-order valence-corrected chi connectivity index (χ1v) is 52.4.